The summed E-state index contributed by atoms with van der Waals surface area (Å²) >= 11 is 2.49. The van der Waals surface area contributed by atoms with Crippen molar-refractivity contribution in [3.8, 4) is 0 Å². The molecule has 1 N–H and O–H groups in total. The number of alkyl halides is 1. The van der Waals surface area contributed by atoms with Crippen LogP contribution in [-0.4, -0.2) is 16.1 Å². The quantitative estimate of drug-likeness (QED) is 0.0629. The Morgan fingerprint density at radius 1 is 0.267 bits per heavy atom. The zero-order valence-electron chi connectivity index (χ0n) is 20.6. The topological polar surface area (TPSA) is 20.2 Å². The van der Waals surface area contributed by atoms with Crippen LogP contribution in [0.4, 0.5) is 0 Å². The SMILES string of the molecule is OCCCCCCCCCCCCCCCCCCCCCCCCCCCCI. The van der Waals surface area contributed by atoms with E-state index in [0.29, 0.717) is 6.61 Å². The van der Waals surface area contributed by atoms with Crippen molar-refractivity contribution in [3.05, 3.63) is 0 Å². The van der Waals surface area contributed by atoms with Gasteiger partial charge in [0.2, 0.25) is 0 Å². The molecule has 0 spiro atoms. The van der Waals surface area contributed by atoms with Crippen LogP contribution in [0.3, 0.4) is 0 Å². The highest BCUT2D eigenvalue weighted by Crippen LogP contribution is 2.16. The van der Waals surface area contributed by atoms with Crippen LogP contribution >= 0.6 is 22.6 Å². The maximum atomic E-state index is 8.75. The number of unbranched alkanes of at least 4 members (excludes halogenated alkanes) is 25. The van der Waals surface area contributed by atoms with Gasteiger partial charge < -0.3 is 5.11 Å². The highest BCUT2D eigenvalue weighted by atomic mass is 127. The van der Waals surface area contributed by atoms with Gasteiger partial charge in [0.25, 0.3) is 0 Å². The Kier molecular flexibility index (Phi) is 30.4. The van der Waals surface area contributed by atoms with Gasteiger partial charge >= 0.3 is 0 Å². The van der Waals surface area contributed by atoms with Crippen LogP contribution in [0.5, 0.6) is 0 Å². The molecule has 0 bridgehead atoms. The van der Waals surface area contributed by atoms with Crippen LogP contribution in [-0.2, 0) is 0 Å². The summed E-state index contributed by atoms with van der Waals surface area (Å²) < 4.78 is 1.34. The molecule has 0 saturated carbocycles. The Bertz CT molecular complexity index is 254. The first-order chi connectivity index (χ1) is 14.9. The number of aliphatic hydroxyl groups is 1. The minimum atomic E-state index is 0.374. The molecule has 0 aromatic heterocycles. The lowest BCUT2D eigenvalue weighted by molar-refractivity contribution is 0.282. The van der Waals surface area contributed by atoms with Gasteiger partial charge in [0.05, 0.1) is 0 Å². The first-order valence-corrected chi connectivity index (χ1v) is 15.6. The van der Waals surface area contributed by atoms with E-state index in [1.54, 1.807) is 0 Å². The van der Waals surface area contributed by atoms with E-state index in [4.69, 9.17) is 5.11 Å². The molecule has 0 atom stereocenters. The molecular weight excluding hydrogens is 479 g/mol. The van der Waals surface area contributed by atoms with Gasteiger partial charge in [0.15, 0.2) is 0 Å². The van der Waals surface area contributed by atoms with E-state index in [1.165, 1.54) is 165 Å². The molecule has 1 nitrogen and oxygen atoms in total. The molecule has 0 aliphatic rings. The van der Waals surface area contributed by atoms with Gasteiger partial charge in [-0.2, -0.15) is 0 Å². The molecule has 0 aromatic carbocycles. The molecule has 0 unspecified atom stereocenters. The predicted octanol–water partition coefficient (Wildman–Crippen LogP) is 10.6. The average Bonchev–Trinajstić information content (AvgIpc) is 2.76. The fourth-order valence-electron chi connectivity index (χ4n) is 4.45. The molecule has 0 aromatic rings. The summed E-state index contributed by atoms with van der Waals surface area (Å²) in [5.41, 5.74) is 0. The zero-order valence-corrected chi connectivity index (χ0v) is 22.8. The lowest BCUT2D eigenvalue weighted by Gasteiger charge is -2.04. The molecule has 182 valence electrons. The Hall–Kier alpha value is 0.690. The molecule has 0 fully saturated rings. The van der Waals surface area contributed by atoms with Crippen molar-refractivity contribution in [2.75, 3.05) is 11.0 Å². The van der Waals surface area contributed by atoms with Gasteiger partial charge in [0, 0.05) is 6.61 Å². The van der Waals surface area contributed by atoms with Gasteiger partial charge in [-0.05, 0) is 17.3 Å². The second-order valence-electron chi connectivity index (χ2n) is 9.60. The monoisotopic (exact) mass is 536 g/mol. The fraction of sp³-hybridized carbons (Fsp3) is 1.00. The van der Waals surface area contributed by atoms with E-state index in [2.05, 4.69) is 22.6 Å². The zero-order chi connectivity index (χ0) is 21.8. The van der Waals surface area contributed by atoms with E-state index in [0.717, 1.165) is 6.42 Å². The highest BCUT2D eigenvalue weighted by molar-refractivity contribution is 14.1. The second kappa shape index (κ2) is 29.7. The first kappa shape index (κ1) is 30.7. The molecule has 2 heteroatoms. The summed E-state index contributed by atoms with van der Waals surface area (Å²) in [6.07, 6.45) is 37.2. The van der Waals surface area contributed by atoms with E-state index >= 15 is 0 Å². The lowest BCUT2D eigenvalue weighted by atomic mass is 10.0. The summed E-state index contributed by atoms with van der Waals surface area (Å²) in [5.74, 6) is 0. The van der Waals surface area contributed by atoms with Gasteiger partial charge in [0.1, 0.15) is 0 Å². The third-order valence-corrected chi connectivity index (χ3v) is 7.30. The largest absolute Gasteiger partial charge is 0.396 e. The van der Waals surface area contributed by atoms with Gasteiger partial charge in [-0.25, -0.2) is 0 Å². The van der Waals surface area contributed by atoms with Gasteiger partial charge in [-0.1, -0.05) is 177 Å². The smallest absolute Gasteiger partial charge is 0.0431 e. The minimum Gasteiger partial charge on any atom is -0.396 e. The maximum absolute atomic E-state index is 8.75. The fourth-order valence-corrected chi connectivity index (χ4v) is 4.99. The number of rotatable bonds is 27. The van der Waals surface area contributed by atoms with Crippen molar-refractivity contribution in [2.24, 2.45) is 0 Å². The van der Waals surface area contributed by atoms with Crippen LogP contribution in [0.2, 0.25) is 0 Å². The molecule has 0 saturated heterocycles. The van der Waals surface area contributed by atoms with Crippen molar-refractivity contribution in [1.82, 2.24) is 0 Å². The number of halogens is 1. The summed E-state index contributed by atoms with van der Waals surface area (Å²) in [6, 6.07) is 0. The first-order valence-electron chi connectivity index (χ1n) is 14.1. The highest BCUT2D eigenvalue weighted by Gasteiger charge is 1.96. The van der Waals surface area contributed by atoms with Crippen LogP contribution in [0.25, 0.3) is 0 Å². The third kappa shape index (κ3) is 28.7. The number of hydrogen-bond acceptors (Lipinski definition) is 1. The maximum Gasteiger partial charge on any atom is 0.0431 e. The summed E-state index contributed by atoms with van der Waals surface area (Å²) in [6.45, 7) is 0.374. The number of hydrogen-bond donors (Lipinski definition) is 1. The van der Waals surface area contributed by atoms with Crippen LogP contribution in [0, 0.1) is 0 Å². The average molecular weight is 537 g/mol. The lowest BCUT2D eigenvalue weighted by Crippen LogP contribution is -1.85. The Balaban J connectivity index is 2.97. The summed E-state index contributed by atoms with van der Waals surface area (Å²) in [4.78, 5) is 0. The summed E-state index contributed by atoms with van der Waals surface area (Å²) in [5, 5.41) is 8.75. The number of aliphatic hydroxyl groups excluding tert-OH is 1. The molecule has 30 heavy (non-hydrogen) atoms. The molecule has 0 aliphatic heterocycles. The summed E-state index contributed by atoms with van der Waals surface area (Å²) in [7, 11) is 0. The molecule has 0 heterocycles. The molecule has 0 amide bonds. The van der Waals surface area contributed by atoms with Crippen molar-refractivity contribution in [2.45, 2.75) is 167 Å². The second-order valence-corrected chi connectivity index (χ2v) is 10.7. The molecule has 0 rings (SSSR count). The molecule has 0 radical (unpaired) electrons. The van der Waals surface area contributed by atoms with E-state index in [1.807, 2.05) is 0 Å². The van der Waals surface area contributed by atoms with Crippen molar-refractivity contribution in [3.63, 3.8) is 0 Å². The van der Waals surface area contributed by atoms with Crippen molar-refractivity contribution >= 4 is 22.6 Å². The molecular formula is C28H57IO. The van der Waals surface area contributed by atoms with Crippen LogP contribution in [0.15, 0.2) is 0 Å². The Labute approximate surface area is 205 Å². The molecule has 0 aliphatic carbocycles. The van der Waals surface area contributed by atoms with Crippen LogP contribution < -0.4 is 0 Å². The standard InChI is InChI=1S/C28H57IO/c29-27-25-23-21-19-17-15-13-11-9-7-5-3-1-2-4-6-8-10-12-14-16-18-20-22-24-26-28-30/h30H,1-28H2. The van der Waals surface area contributed by atoms with Gasteiger partial charge in [-0.3, -0.25) is 0 Å². The van der Waals surface area contributed by atoms with Crippen LogP contribution in [0.1, 0.15) is 167 Å². The third-order valence-electron chi connectivity index (χ3n) is 6.54. The van der Waals surface area contributed by atoms with E-state index < -0.39 is 0 Å². The predicted molar refractivity (Wildman–Crippen MR) is 146 cm³/mol. The van der Waals surface area contributed by atoms with Gasteiger partial charge in [-0.15, -0.1) is 0 Å². The normalized spacial score (nSPS) is 11.4. The minimum absolute atomic E-state index is 0.374. The van der Waals surface area contributed by atoms with E-state index in [-0.39, 0.29) is 0 Å². The van der Waals surface area contributed by atoms with Crippen molar-refractivity contribution < 1.29 is 5.11 Å². The Morgan fingerprint density at radius 3 is 0.600 bits per heavy atom. The Morgan fingerprint density at radius 2 is 0.433 bits per heavy atom. The van der Waals surface area contributed by atoms with Crippen molar-refractivity contribution in [1.29, 1.82) is 0 Å². The van der Waals surface area contributed by atoms with E-state index in [9.17, 15) is 0 Å².